The molecule has 0 saturated carbocycles. The van der Waals surface area contributed by atoms with Crippen molar-refractivity contribution in [2.75, 3.05) is 20.3 Å². The van der Waals surface area contributed by atoms with Crippen molar-refractivity contribution >= 4 is 12.0 Å². The fourth-order valence-electron chi connectivity index (χ4n) is 1.89. The van der Waals surface area contributed by atoms with Gasteiger partial charge < -0.3 is 20.1 Å². The van der Waals surface area contributed by atoms with Crippen LogP contribution in [0.3, 0.4) is 0 Å². The van der Waals surface area contributed by atoms with Crippen molar-refractivity contribution < 1.29 is 19.4 Å². The number of amides is 2. The lowest BCUT2D eigenvalue weighted by Gasteiger charge is -2.27. The molecule has 1 unspecified atom stereocenters. The van der Waals surface area contributed by atoms with E-state index < -0.39 is 5.97 Å². The number of rotatable bonds is 8. The van der Waals surface area contributed by atoms with Crippen molar-refractivity contribution in [1.29, 1.82) is 0 Å². The van der Waals surface area contributed by atoms with Gasteiger partial charge in [-0.05, 0) is 13.8 Å². The maximum atomic E-state index is 12.1. The summed E-state index contributed by atoms with van der Waals surface area (Å²) in [5.41, 5.74) is 0.500. The number of likely N-dealkylation sites (N-methyl/N-ethyl adjacent to an activating group) is 1. The van der Waals surface area contributed by atoms with Crippen LogP contribution in [0.5, 0.6) is 0 Å². The number of hydrogen-bond donors (Lipinski definition) is 2. The van der Waals surface area contributed by atoms with E-state index in [0.717, 1.165) is 0 Å². The van der Waals surface area contributed by atoms with Crippen LogP contribution in [0.15, 0.2) is 6.20 Å². The van der Waals surface area contributed by atoms with Crippen LogP contribution < -0.4 is 5.32 Å². The van der Waals surface area contributed by atoms with Gasteiger partial charge in [0.25, 0.3) is 0 Å². The van der Waals surface area contributed by atoms with E-state index in [9.17, 15) is 9.59 Å². The molecule has 0 aliphatic heterocycles. The standard InChI is InChI=1S/C12H21N5O4/c1-4-17(9(2)8-21-3)12(20)13-5-10-6-16(15-14-10)7-11(18)19/h6,9H,4-5,7-8H2,1-3H3,(H,13,20)(H,18,19). The molecule has 21 heavy (non-hydrogen) atoms. The third-order valence-corrected chi connectivity index (χ3v) is 2.85. The number of urea groups is 1. The number of carboxylic acid groups (broad SMARTS) is 1. The number of ether oxygens (including phenoxy) is 1. The van der Waals surface area contributed by atoms with Gasteiger partial charge in [-0.15, -0.1) is 5.10 Å². The van der Waals surface area contributed by atoms with E-state index in [2.05, 4.69) is 15.6 Å². The molecule has 1 aromatic rings. The molecule has 0 spiro atoms. The van der Waals surface area contributed by atoms with Crippen LogP contribution in [0.4, 0.5) is 4.79 Å². The Morgan fingerprint density at radius 1 is 1.57 bits per heavy atom. The third kappa shape index (κ3) is 5.38. The molecular formula is C12H21N5O4. The van der Waals surface area contributed by atoms with Crippen LogP contribution in [0.25, 0.3) is 0 Å². The molecule has 0 radical (unpaired) electrons. The highest BCUT2D eigenvalue weighted by Crippen LogP contribution is 2.01. The largest absolute Gasteiger partial charge is 0.480 e. The summed E-state index contributed by atoms with van der Waals surface area (Å²) < 4.78 is 6.24. The maximum absolute atomic E-state index is 12.1. The Morgan fingerprint density at radius 3 is 2.86 bits per heavy atom. The van der Waals surface area contributed by atoms with E-state index in [4.69, 9.17) is 9.84 Å². The fourth-order valence-corrected chi connectivity index (χ4v) is 1.89. The first-order valence-electron chi connectivity index (χ1n) is 6.62. The van der Waals surface area contributed by atoms with Crippen LogP contribution in [0.2, 0.25) is 0 Å². The Bertz CT molecular complexity index is 476. The van der Waals surface area contributed by atoms with Gasteiger partial charge in [0.05, 0.1) is 25.4 Å². The zero-order valence-corrected chi connectivity index (χ0v) is 12.4. The molecule has 0 aliphatic carbocycles. The highest BCUT2D eigenvalue weighted by atomic mass is 16.5. The Kier molecular flexibility index (Phi) is 6.60. The summed E-state index contributed by atoms with van der Waals surface area (Å²) in [4.78, 5) is 24.2. The Labute approximate surface area is 122 Å². The number of nitrogens with one attached hydrogen (secondary N) is 1. The van der Waals surface area contributed by atoms with Crippen LogP contribution in [0, 0.1) is 0 Å². The Balaban J connectivity index is 2.51. The predicted octanol–water partition coefficient (Wildman–Crippen LogP) is -0.0709. The third-order valence-electron chi connectivity index (χ3n) is 2.85. The highest BCUT2D eigenvalue weighted by Gasteiger charge is 2.18. The lowest BCUT2D eigenvalue weighted by Crippen LogP contribution is -2.46. The van der Waals surface area contributed by atoms with Crippen LogP contribution in [-0.2, 0) is 22.6 Å². The molecule has 0 fully saturated rings. The molecular weight excluding hydrogens is 278 g/mol. The van der Waals surface area contributed by atoms with Crippen LogP contribution in [-0.4, -0.2) is 63.3 Å². The Hall–Kier alpha value is -2.16. The number of hydrogen-bond acceptors (Lipinski definition) is 5. The molecule has 0 aromatic carbocycles. The summed E-state index contributed by atoms with van der Waals surface area (Å²) in [5.74, 6) is -0.999. The minimum Gasteiger partial charge on any atom is -0.480 e. The highest BCUT2D eigenvalue weighted by molar-refractivity contribution is 5.74. The summed E-state index contributed by atoms with van der Waals surface area (Å²) in [5, 5.41) is 18.8. The van der Waals surface area contributed by atoms with Crippen molar-refractivity contribution in [2.24, 2.45) is 0 Å². The van der Waals surface area contributed by atoms with E-state index >= 15 is 0 Å². The molecule has 118 valence electrons. The molecule has 1 rings (SSSR count). The summed E-state index contributed by atoms with van der Waals surface area (Å²) in [6.45, 7) is 4.73. The first kappa shape index (κ1) is 16.9. The van der Waals surface area contributed by atoms with Gasteiger partial charge in [0.15, 0.2) is 0 Å². The maximum Gasteiger partial charge on any atom is 0.325 e. The first-order chi connectivity index (χ1) is 9.97. The van der Waals surface area contributed by atoms with Crippen molar-refractivity contribution in [2.45, 2.75) is 33.0 Å². The van der Waals surface area contributed by atoms with E-state index in [0.29, 0.717) is 18.8 Å². The second kappa shape index (κ2) is 8.20. The number of aromatic nitrogens is 3. The number of carboxylic acids is 1. The quantitative estimate of drug-likeness (QED) is 0.695. The fraction of sp³-hybridized carbons (Fsp3) is 0.667. The molecule has 1 atom stereocenters. The van der Waals surface area contributed by atoms with Gasteiger partial charge >= 0.3 is 12.0 Å². The summed E-state index contributed by atoms with van der Waals surface area (Å²) in [6, 6.07) is -0.266. The molecule has 2 N–H and O–H groups in total. The van der Waals surface area contributed by atoms with E-state index in [1.807, 2.05) is 13.8 Å². The molecule has 0 saturated heterocycles. The van der Waals surface area contributed by atoms with Crippen molar-refractivity contribution in [3.63, 3.8) is 0 Å². The summed E-state index contributed by atoms with van der Waals surface area (Å²) in [7, 11) is 1.59. The molecule has 0 aliphatic rings. The average molecular weight is 299 g/mol. The van der Waals surface area contributed by atoms with E-state index in [-0.39, 0.29) is 25.2 Å². The molecule has 0 bridgehead atoms. The van der Waals surface area contributed by atoms with E-state index in [1.165, 1.54) is 10.9 Å². The van der Waals surface area contributed by atoms with Crippen LogP contribution in [0.1, 0.15) is 19.5 Å². The van der Waals surface area contributed by atoms with Gasteiger partial charge in [-0.2, -0.15) is 0 Å². The number of carbonyl (C=O) groups excluding carboxylic acids is 1. The predicted molar refractivity (Wildman–Crippen MR) is 73.6 cm³/mol. The zero-order chi connectivity index (χ0) is 15.8. The number of aliphatic carboxylic acids is 1. The second-order valence-electron chi connectivity index (χ2n) is 4.55. The lowest BCUT2D eigenvalue weighted by atomic mass is 10.3. The Morgan fingerprint density at radius 2 is 2.29 bits per heavy atom. The van der Waals surface area contributed by atoms with Gasteiger partial charge in [0, 0.05) is 13.7 Å². The second-order valence-corrected chi connectivity index (χ2v) is 4.55. The SMILES string of the molecule is CCN(C(=O)NCc1cn(CC(=O)O)nn1)C(C)COC. The molecule has 2 amide bonds. The number of nitrogens with zero attached hydrogens (tertiary/aromatic N) is 4. The number of methoxy groups -OCH3 is 1. The van der Waals surface area contributed by atoms with Crippen LogP contribution >= 0.6 is 0 Å². The summed E-state index contributed by atoms with van der Waals surface area (Å²) >= 11 is 0. The lowest BCUT2D eigenvalue weighted by molar-refractivity contribution is -0.137. The topological polar surface area (TPSA) is 110 Å². The monoisotopic (exact) mass is 299 g/mol. The molecule has 9 nitrogen and oxygen atoms in total. The van der Waals surface area contributed by atoms with Crippen molar-refractivity contribution in [1.82, 2.24) is 25.2 Å². The average Bonchev–Trinajstić information content (AvgIpc) is 2.84. The van der Waals surface area contributed by atoms with Gasteiger partial charge in [-0.3, -0.25) is 4.79 Å². The molecule has 1 aromatic heterocycles. The van der Waals surface area contributed by atoms with Crippen molar-refractivity contribution in [3.05, 3.63) is 11.9 Å². The molecule has 9 heteroatoms. The zero-order valence-electron chi connectivity index (χ0n) is 12.4. The smallest absolute Gasteiger partial charge is 0.325 e. The van der Waals surface area contributed by atoms with Crippen molar-refractivity contribution in [3.8, 4) is 0 Å². The van der Waals surface area contributed by atoms with E-state index in [1.54, 1.807) is 12.0 Å². The van der Waals surface area contributed by atoms with Gasteiger partial charge in [-0.25, -0.2) is 9.48 Å². The van der Waals surface area contributed by atoms with Gasteiger partial charge in [0.2, 0.25) is 0 Å². The summed E-state index contributed by atoms with van der Waals surface area (Å²) in [6.07, 6.45) is 1.49. The normalized spacial score (nSPS) is 12.0. The number of carbonyl (C=O) groups is 2. The minimum absolute atomic E-state index is 0.0392. The first-order valence-corrected chi connectivity index (χ1v) is 6.62. The molecule has 1 heterocycles. The minimum atomic E-state index is -0.999. The van der Waals surface area contributed by atoms with Gasteiger partial charge in [0.1, 0.15) is 12.2 Å². The van der Waals surface area contributed by atoms with Gasteiger partial charge in [-0.1, -0.05) is 5.21 Å².